The van der Waals surface area contributed by atoms with Crippen molar-refractivity contribution in [3.63, 3.8) is 0 Å². The van der Waals surface area contributed by atoms with Gasteiger partial charge >= 0.3 is 11.9 Å². The molecule has 0 bridgehead atoms. The predicted molar refractivity (Wildman–Crippen MR) is 105 cm³/mol. The van der Waals surface area contributed by atoms with Crippen LogP contribution in [0.25, 0.3) is 22.6 Å². The highest BCUT2D eigenvalue weighted by molar-refractivity contribution is 5.98. The van der Waals surface area contributed by atoms with E-state index in [0.717, 1.165) is 5.56 Å². The number of oxazole rings is 1. The summed E-state index contributed by atoms with van der Waals surface area (Å²) in [7, 11) is 0. The van der Waals surface area contributed by atoms with Crippen LogP contribution in [0.4, 0.5) is 0 Å². The highest BCUT2D eigenvalue weighted by Gasteiger charge is 2.19. The Labute approximate surface area is 166 Å². The highest BCUT2D eigenvalue weighted by Crippen LogP contribution is 2.33. The summed E-state index contributed by atoms with van der Waals surface area (Å²) in [5, 5.41) is 17.7. The van der Waals surface area contributed by atoms with Crippen molar-refractivity contribution in [2.45, 2.75) is 25.7 Å². The molecule has 0 amide bonds. The molecule has 148 valence electrons. The third-order valence-electron chi connectivity index (χ3n) is 4.28. The topological polar surface area (TPSA) is 118 Å². The summed E-state index contributed by atoms with van der Waals surface area (Å²) in [4.78, 5) is 38.4. The van der Waals surface area contributed by atoms with E-state index in [1.54, 1.807) is 24.3 Å². The lowest BCUT2D eigenvalue weighted by Gasteiger charge is -2.04. The molecule has 0 fully saturated rings. The van der Waals surface area contributed by atoms with E-state index in [9.17, 15) is 14.4 Å². The third-order valence-corrected chi connectivity index (χ3v) is 4.28. The van der Waals surface area contributed by atoms with Gasteiger partial charge in [-0.05, 0) is 6.07 Å². The molecule has 0 saturated heterocycles. The number of hydrogen-bond acceptors (Lipinski definition) is 5. The van der Waals surface area contributed by atoms with Gasteiger partial charge in [0.1, 0.15) is 5.69 Å². The average molecular weight is 393 g/mol. The Morgan fingerprint density at radius 3 is 2.21 bits per heavy atom. The second kappa shape index (κ2) is 8.97. The monoisotopic (exact) mass is 393 g/mol. The molecular weight excluding hydrogens is 374 g/mol. The first-order valence-electron chi connectivity index (χ1n) is 9.06. The second-order valence-electron chi connectivity index (χ2n) is 6.44. The minimum atomic E-state index is -1.03. The van der Waals surface area contributed by atoms with Crippen LogP contribution in [0.2, 0.25) is 0 Å². The average Bonchev–Trinajstić information content (AvgIpc) is 3.15. The van der Waals surface area contributed by atoms with Crippen molar-refractivity contribution in [3.05, 3.63) is 66.1 Å². The fraction of sp³-hybridized carbons (Fsp3) is 0.182. The van der Waals surface area contributed by atoms with E-state index < -0.39 is 11.9 Å². The van der Waals surface area contributed by atoms with Gasteiger partial charge in [-0.15, -0.1) is 0 Å². The zero-order chi connectivity index (χ0) is 20.8. The summed E-state index contributed by atoms with van der Waals surface area (Å²) < 4.78 is 5.85. The Morgan fingerprint density at radius 1 is 0.828 bits per heavy atom. The van der Waals surface area contributed by atoms with Gasteiger partial charge in [-0.2, -0.15) is 0 Å². The molecule has 3 aromatic rings. The summed E-state index contributed by atoms with van der Waals surface area (Å²) in [6.07, 6.45) is -0.289. The Morgan fingerprint density at radius 2 is 1.52 bits per heavy atom. The van der Waals surface area contributed by atoms with E-state index in [1.807, 2.05) is 30.3 Å². The van der Waals surface area contributed by atoms with Crippen LogP contribution in [-0.4, -0.2) is 32.9 Å². The number of benzene rings is 2. The van der Waals surface area contributed by atoms with Crippen molar-refractivity contribution in [2.75, 3.05) is 0 Å². The summed E-state index contributed by atoms with van der Waals surface area (Å²) in [5.74, 6) is -1.47. The molecule has 0 atom stereocenters. The molecule has 0 aliphatic heterocycles. The number of nitrogens with zero attached hydrogens (tertiary/aromatic N) is 1. The number of carbonyl (C=O) groups is 3. The number of aromatic nitrogens is 1. The van der Waals surface area contributed by atoms with Gasteiger partial charge in [0.2, 0.25) is 0 Å². The quantitative estimate of drug-likeness (QED) is 0.526. The van der Waals surface area contributed by atoms with E-state index in [4.69, 9.17) is 14.6 Å². The van der Waals surface area contributed by atoms with Gasteiger partial charge in [-0.25, -0.2) is 4.98 Å². The second-order valence-corrected chi connectivity index (χ2v) is 6.44. The smallest absolute Gasteiger partial charge is 0.303 e. The van der Waals surface area contributed by atoms with Gasteiger partial charge in [-0.3, -0.25) is 14.4 Å². The number of carbonyl (C=O) groups excluding carboxylic acids is 1. The van der Waals surface area contributed by atoms with Gasteiger partial charge in [0.15, 0.2) is 17.4 Å². The Balaban J connectivity index is 1.98. The molecule has 7 heteroatoms. The van der Waals surface area contributed by atoms with Gasteiger partial charge in [0.05, 0.1) is 12.8 Å². The maximum Gasteiger partial charge on any atom is 0.303 e. The lowest BCUT2D eigenvalue weighted by Crippen LogP contribution is -2.04. The molecule has 0 unspecified atom stereocenters. The summed E-state index contributed by atoms with van der Waals surface area (Å²) >= 11 is 0. The molecule has 1 heterocycles. The zero-order valence-electron chi connectivity index (χ0n) is 15.5. The molecule has 0 spiro atoms. The van der Waals surface area contributed by atoms with Gasteiger partial charge in [0.25, 0.3) is 0 Å². The van der Waals surface area contributed by atoms with Gasteiger partial charge < -0.3 is 14.6 Å². The molecule has 2 aromatic carbocycles. The standard InChI is InChI=1S/C22H19NO6/c24-17(9-11-19(25)26)15-7-4-8-16(13-15)21-22(14-5-2-1-3-6-14)29-18(23-21)10-12-20(27)28/h1-8,13H,9-12H2,(H,25,26)(H,27,28). The minimum absolute atomic E-state index is 0.0903. The lowest BCUT2D eigenvalue weighted by molar-refractivity contribution is -0.138. The van der Waals surface area contributed by atoms with Crippen LogP contribution in [0.3, 0.4) is 0 Å². The summed E-state index contributed by atoms with van der Waals surface area (Å²) in [6, 6.07) is 16.0. The van der Waals surface area contributed by atoms with Crippen LogP contribution in [0.1, 0.15) is 35.5 Å². The maximum atomic E-state index is 12.3. The lowest BCUT2D eigenvalue weighted by atomic mass is 10.0. The van der Waals surface area contributed by atoms with Gasteiger partial charge in [0, 0.05) is 29.5 Å². The first-order valence-corrected chi connectivity index (χ1v) is 9.06. The van der Waals surface area contributed by atoms with Crippen LogP contribution in [-0.2, 0) is 16.0 Å². The molecule has 3 rings (SSSR count). The third kappa shape index (κ3) is 5.16. The van der Waals surface area contributed by atoms with Crippen LogP contribution < -0.4 is 0 Å². The molecule has 0 aliphatic carbocycles. The number of carboxylic acid groups (broad SMARTS) is 2. The Bertz CT molecular complexity index is 1040. The van der Waals surface area contributed by atoms with Crippen molar-refractivity contribution in [2.24, 2.45) is 0 Å². The van der Waals surface area contributed by atoms with Crippen LogP contribution in [0.15, 0.2) is 59.0 Å². The first-order chi connectivity index (χ1) is 13.9. The minimum Gasteiger partial charge on any atom is -0.481 e. The maximum absolute atomic E-state index is 12.3. The van der Waals surface area contributed by atoms with Crippen molar-refractivity contribution in [1.82, 2.24) is 4.98 Å². The Kier molecular flexibility index (Phi) is 6.19. The van der Waals surface area contributed by atoms with Crippen molar-refractivity contribution < 1.29 is 29.0 Å². The number of ketones is 1. The molecule has 1 aromatic heterocycles. The number of aryl methyl sites for hydroxylation is 1. The molecule has 0 radical (unpaired) electrons. The highest BCUT2D eigenvalue weighted by atomic mass is 16.4. The van der Waals surface area contributed by atoms with Crippen molar-refractivity contribution in [1.29, 1.82) is 0 Å². The largest absolute Gasteiger partial charge is 0.481 e. The van der Waals surface area contributed by atoms with E-state index in [0.29, 0.717) is 28.5 Å². The molecule has 2 N–H and O–H groups in total. The number of carboxylic acids is 2. The summed E-state index contributed by atoms with van der Waals surface area (Å²) in [6.45, 7) is 0. The predicted octanol–water partition coefficient (Wildman–Crippen LogP) is 4.07. The van der Waals surface area contributed by atoms with Crippen LogP contribution >= 0.6 is 0 Å². The van der Waals surface area contributed by atoms with E-state index >= 15 is 0 Å². The first kappa shape index (κ1) is 20.0. The van der Waals surface area contributed by atoms with E-state index in [1.165, 1.54) is 0 Å². The fourth-order valence-electron chi connectivity index (χ4n) is 2.87. The zero-order valence-corrected chi connectivity index (χ0v) is 15.5. The number of aliphatic carboxylic acids is 2. The summed E-state index contributed by atoms with van der Waals surface area (Å²) in [5.41, 5.74) is 2.30. The molecular formula is C22H19NO6. The van der Waals surface area contributed by atoms with E-state index in [-0.39, 0.29) is 31.5 Å². The number of rotatable bonds is 9. The van der Waals surface area contributed by atoms with Crippen molar-refractivity contribution in [3.8, 4) is 22.6 Å². The van der Waals surface area contributed by atoms with Crippen LogP contribution in [0, 0.1) is 0 Å². The fourth-order valence-corrected chi connectivity index (χ4v) is 2.87. The number of Topliss-reactive ketones (excluding diaryl/α,β-unsaturated/α-hetero) is 1. The SMILES string of the molecule is O=C(O)CCC(=O)c1cccc(-c2nc(CCC(=O)O)oc2-c2ccccc2)c1. The van der Waals surface area contributed by atoms with Crippen molar-refractivity contribution >= 4 is 17.7 Å². The molecule has 7 nitrogen and oxygen atoms in total. The van der Waals surface area contributed by atoms with E-state index in [2.05, 4.69) is 4.98 Å². The molecule has 0 aliphatic rings. The Hall–Kier alpha value is -3.74. The number of hydrogen-bond donors (Lipinski definition) is 2. The molecule has 29 heavy (non-hydrogen) atoms. The van der Waals surface area contributed by atoms with Crippen LogP contribution in [0.5, 0.6) is 0 Å². The van der Waals surface area contributed by atoms with Gasteiger partial charge in [-0.1, -0.05) is 48.5 Å². The molecule has 0 saturated carbocycles. The normalized spacial score (nSPS) is 10.6.